The second-order valence-electron chi connectivity index (χ2n) is 4.43. The van der Waals surface area contributed by atoms with Crippen LogP contribution in [0, 0.1) is 0 Å². The molecule has 2 aromatic carbocycles. The molecule has 0 bridgehead atoms. The van der Waals surface area contributed by atoms with Crippen molar-refractivity contribution >= 4 is 38.9 Å². The first-order valence-corrected chi connectivity index (χ1v) is 8.91. The molecular formula is C15H15Cl2NO4S. The Morgan fingerprint density at radius 3 is 2.39 bits per heavy atom. The lowest BCUT2D eigenvalue weighted by molar-refractivity contribution is 0.342. The summed E-state index contributed by atoms with van der Waals surface area (Å²) in [5, 5.41) is -0.0671. The number of halogens is 2. The molecule has 0 atom stereocenters. The summed E-state index contributed by atoms with van der Waals surface area (Å²) in [4.78, 5) is -0.142. The fourth-order valence-electron chi connectivity index (χ4n) is 1.91. The molecule has 0 aliphatic rings. The predicted molar refractivity (Wildman–Crippen MR) is 91.4 cm³/mol. The summed E-state index contributed by atoms with van der Waals surface area (Å²) in [6, 6.07) is 9.49. The molecule has 0 unspecified atom stereocenters. The lowest BCUT2D eigenvalue weighted by Gasteiger charge is -2.14. The van der Waals surface area contributed by atoms with E-state index >= 15 is 0 Å². The third-order valence-electron chi connectivity index (χ3n) is 2.95. The molecule has 0 aliphatic carbocycles. The van der Waals surface area contributed by atoms with Crippen LogP contribution in [0.4, 0.5) is 5.69 Å². The topological polar surface area (TPSA) is 64.6 Å². The highest BCUT2D eigenvalue weighted by Crippen LogP contribution is 2.37. The Hall–Kier alpha value is -1.63. The van der Waals surface area contributed by atoms with Crippen molar-refractivity contribution in [3.63, 3.8) is 0 Å². The molecule has 1 N–H and O–H groups in total. The van der Waals surface area contributed by atoms with Gasteiger partial charge in [0.1, 0.15) is 21.4 Å². The van der Waals surface area contributed by atoms with Crippen molar-refractivity contribution in [3.05, 3.63) is 46.4 Å². The van der Waals surface area contributed by atoms with E-state index in [2.05, 4.69) is 4.72 Å². The normalized spacial score (nSPS) is 11.1. The number of nitrogens with one attached hydrogen (secondary N) is 1. The van der Waals surface area contributed by atoms with Crippen molar-refractivity contribution in [3.8, 4) is 11.5 Å². The standard InChI is InChI=1S/C15H15Cl2NO4S/c1-3-22-11-7-5-4-6-10(11)18-23(19,20)13-9-8-12(21-2)14(16)15(13)17/h4-9,18H,3H2,1-2H3. The van der Waals surface area contributed by atoms with Gasteiger partial charge in [-0.15, -0.1) is 0 Å². The average molecular weight is 376 g/mol. The molecule has 0 aliphatic heterocycles. The maximum atomic E-state index is 12.6. The number of methoxy groups -OCH3 is 1. The van der Waals surface area contributed by atoms with E-state index in [9.17, 15) is 8.42 Å². The van der Waals surface area contributed by atoms with E-state index in [0.29, 0.717) is 23.8 Å². The van der Waals surface area contributed by atoms with Crippen molar-refractivity contribution in [1.82, 2.24) is 0 Å². The number of hydrogen-bond acceptors (Lipinski definition) is 4. The second kappa shape index (κ2) is 7.29. The van der Waals surface area contributed by atoms with Crippen LogP contribution in [0.25, 0.3) is 0 Å². The third kappa shape index (κ3) is 3.83. The highest BCUT2D eigenvalue weighted by Gasteiger charge is 2.23. The molecule has 2 rings (SSSR count). The van der Waals surface area contributed by atoms with Gasteiger partial charge < -0.3 is 9.47 Å². The molecule has 5 nitrogen and oxygen atoms in total. The molecular weight excluding hydrogens is 361 g/mol. The van der Waals surface area contributed by atoms with Gasteiger partial charge in [-0.1, -0.05) is 35.3 Å². The number of benzene rings is 2. The first-order valence-electron chi connectivity index (χ1n) is 6.67. The summed E-state index contributed by atoms with van der Waals surface area (Å²) in [6.07, 6.45) is 0. The molecule has 0 heterocycles. The van der Waals surface area contributed by atoms with E-state index in [0.717, 1.165) is 0 Å². The summed E-state index contributed by atoms with van der Waals surface area (Å²) >= 11 is 12.1. The fourth-order valence-corrected chi connectivity index (χ4v) is 3.82. The number of rotatable bonds is 6. The number of anilines is 1. The van der Waals surface area contributed by atoms with Gasteiger partial charge in [-0.3, -0.25) is 4.72 Å². The van der Waals surface area contributed by atoms with Gasteiger partial charge in [-0.2, -0.15) is 0 Å². The molecule has 8 heteroatoms. The van der Waals surface area contributed by atoms with Crippen molar-refractivity contribution in [2.45, 2.75) is 11.8 Å². The molecule has 0 radical (unpaired) electrons. The van der Waals surface area contributed by atoms with Crippen LogP contribution in [0.2, 0.25) is 10.0 Å². The van der Waals surface area contributed by atoms with Crippen molar-refractivity contribution < 1.29 is 17.9 Å². The minimum absolute atomic E-state index is 0.0372. The Labute approximate surface area is 145 Å². The Morgan fingerprint density at radius 2 is 1.74 bits per heavy atom. The van der Waals surface area contributed by atoms with E-state index in [1.807, 2.05) is 6.92 Å². The van der Waals surface area contributed by atoms with Gasteiger partial charge >= 0.3 is 0 Å². The highest BCUT2D eigenvalue weighted by molar-refractivity contribution is 7.92. The van der Waals surface area contributed by atoms with Crippen LogP contribution in [0.3, 0.4) is 0 Å². The molecule has 0 spiro atoms. The zero-order chi connectivity index (χ0) is 17.0. The second-order valence-corrected chi connectivity index (χ2v) is 6.84. The quantitative estimate of drug-likeness (QED) is 0.821. The molecule has 0 saturated heterocycles. The molecule has 0 aromatic heterocycles. The lowest BCUT2D eigenvalue weighted by atomic mass is 10.3. The van der Waals surface area contributed by atoms with E-state index in [1.165, 1.54) is 19.2 Å². The van der Waals surface area contributed by atoms with Gasteiger partial charge in [-0.25, -0.2) is 8.42 Å². The van der Waals surface area contributed by atoms with Gasteiger partial charge in [0.25, 0.3) is 10.0 Å². The zero-order valence-corrected chi connectivity index (χ0v) is 14.8. The summed E-state index contributed by atoms with van der Waals surface area (Å²) in [6.45, 7) is 2.22. The first kappa shape index (κ1) is 17.7. The van der Waals surface area contributed by atoms with Crippen molar-refractivity contribution in [2.75, 3.05) is 18.4 Å². The minimum Gasteiger partial charge on any atom is -0.495 e. The highest BCUT2D eigenvalue weighted by atomic mass is 35.5. The van der Waals surface area contributed by atoms with Crippen LogP contribution in [0.1, 0.15) is 6.92 Å². The van der Waals surface area contributed by atoms with E-state index < -0.39 is 10.0 Å². The smallest absolute Gasteiger partial charge is 0.263 e. The Bertz CT molecular complexity index is 809. The van der Waals surface area contributed by atoms with Gasteiger partial charge in [-0.05, 0) is 31.2 Å². The van der Waals surface area contributed by atoms with E-state index in [-0.39, 0.29) is 14.9 Å². The van der Waals surface area contributed by atoms with E-state index in [1.54, 1.807) is 24.3 Å². The molecule has 2 aromatic rings. The first-order chi connectivity index (χ1) is 10.9. The molecule has 124 valence electrons. The van der Waals surface area contributed by atoms with E-state index in [4.69, 9.17) is 32.7 Å². The Morgan fingerprint density at radius 1 is 1.04 bits per heavy atom. The summed E-state index contributed by atoms with van der Waals surface area (Å²) in [5.74, 6) is 0.722. The van der Waals surface area contributed by atoms with Gasteiger partial charge in [0.05, 0.1) is 24.4 Å². The lowest BCUT2D eigenvalue weighted by Crippen LogP contribution is -2.14. The van der Waals surface area contributed by atoms with Crippen LogP contribution in [-0.2, 0) is 10.0 Å². The number of sulfonamides is 1. The zero-order valence-electron chi connectivity index (χ0n) is 12.5. The number of ether oxygens (including phenoxy) is 2. The SMILES string of the molecule is CCOc1ccccc1NS(=O)(=O)c1ccc(OC)c(Cl)c1Cl. The molecule has 0 amide bonds. The third-order valence-corrected chi connectivity index (χ3v) is 5.34. The van der Waals surface area contributed by atoms with Crippen molar-refractivity contribution in [2.24, 2.45) is 0 Å². The minimum atomic E-state index is -3.93. The molecule has 23 heavy (non-hydrogen) atoms. The van der Waals surface area contributed by atoms with Crippen molar-refractivity contribution in [1.29, 1.82) is 0 Å². The molecule has 0 fully saturated rings. The van der Waals surface area contributed by atoms with Crippen LogP contribution < -0.4 is 14.2 Å². The van der Waals surface area contributed by atoms with Crippen LogP contribution in [-0.4, -0.2) is 22.1 Å². The number of hydrogen-bond donors (Lipinski definition) is 1. The Kier molecular flexibility index (Phi) is 5.62. The summed E-state index contributed by atoms with van der Waals surface area (Å²) in [5.41, 5.74) is 0.317. The summed E-state index contributed by atoms with van der Waals surface area (Å²) in [7, 11) is -2.52. The van der Waals surface area contributed by atoms with Crippen LogP contribution in [0.5, 0.6) is 11.5 Å². The number of para-hydroxylation sites is 2. The van der Waals surface area contributed by atoms with Crippen LogP contribution >= 0.6 is 23.2 Å². The fraction of sp³-hybridized carbons (Fsp3) is 0.200. The van der Waals surface area contributed by atoms with Gasteiger partial charge in [0, 0.05) is 0 Å². The molecule has 0 saturated carbocycles. The van der Waals surface area contributed by atoms with Crippen LogP contribution in [0.15, 0.2) is 41.3 Å². The monoisotopic (exact) mass is 375 g/mol. The largest absolute Gasteiger partial charge is 0.495 e. The summed E-state index contributed by atoms with van der Waals surface area (Å²) < 4.78 is 38.0. The average Bonchev–Trinajstić information content (AvgIpc) is 2.51. The maximum absolute atomic E-state index is 12.6. The predicted octanol–water partition coefficient (Wildman–Crippen LogP) is 4.20. The maximum Gasteiger partial charge on any atom is 0.263 e. The Balaban J connectivity index is 2.43. The van der Waals surface area contributed by atoms with Gasteiger partial charge in [0.2, 0.25) is 0 Å². The van der Waals surface area contributed by atoms with Gasteiger partial charge in [0.15, 0.2) is 0 Å².